The summed E-state index contributed by atoms with van der Waals surface area (Å²) in [6.45, 7) is 8.00. The molecule has 0 bridgehead atoms. The molecule has 4 saturated heterocycles. The lowest BCUT2D eigenvalue weighted by atomic mass is 9.74. The van der Waals surface area contributed by atoms with Crippen molar-refractivity contribution >= 4 is 5.91 Å². The molecule has 0 aromatic carbocycles. The predicted molar refractivity (Wildman–Crippen MR) is 162 cm³/mol. The first kappa shape index (κ1) is 30.2. The van der Waals surface area contributed by atoms with Crippen LogP contribution in [0.4, 0.5) is 0 Å². The van der Waals surface area contributed by atoms with Crippen molar-refractivity contribution in [2.24, 2.45) is 5.92 Å². The lowest BCUT2D eigenvalue weighted by Crippen LogP contribution is -2.63. The van der Waals surface area contributed by atoms with Crippen molar-refractivity contribution in [1.29, 1.82) is 0 Å². The van der Waals surface area contributed by atoms with Crippen molar-refractivity contribution in [3.63, 3.8) is 0 Å². The van der Waals surface area contributed by atoms with Gasteiger partial charge in [-0.3, -0.25) is 20.0 Å². The summed E-state index contributed by atoms with van der Waals surface area (Å²) in [6.07, 6.45) is 17.4. The first-order valence-electron chi connectivity index (χ1n) is 17.3. The molecule has 7 atom stereocenters. The molecule has 4 aliphatic heterocycles. The minimum Gasteiger partial charge on any atom is -0.380 e. The van der Waals surface area contributed by atoms with Crippen LogP contribution in [0.1, 0.15) is 89.9 Å². The maximum absolute atomic E-state index is 13.4. The number of ether oxygens (including phenoxy) is 2. The van der Waals surface area contributed by atoms with E-state index >= 15 is 0 Å². The monoisotopic (exact) mass is 574 g/mol. The van der Waals surface area contributed by atoms with Crippen LogP contribution >= 0.6 is 0 Å². The van der Waals surface area contributed by atoms with Gasteiger partial charge in [0.2, 0.25) is 5.91 Å². The first-order chi connectivity index (χ1) is 20.2. The van der Waals surface area contributed by atoms with Crippen LogP contribution in [0, 0.1) is 5.92 Å². The molecule has 2 aliphatic carbocycles. The number of hydrogen-bond acceptors (Lipinski definition) is 8. The lowest BCUT2D eigenvalue weighted by molar-refractivity contribution is -0.123. The van der Waals surface area contributed by atoms with E-state index in [2.05, 4.69) is 30.9 Å². The van der Waals surface area contributed by atoms with Gasteiger partial charge in [-0.2, -0.15) is 0 Å². The Morgan fingerprint density at radius 2 is 1.83 bits per heavy atom. The molecule has 2 saturated carbocycles. The Bertz CT molecular complexity index is 821. The SMILES string of the molecule is COC1CCC2CCCNC2C1N1CCCN(C(CC(=O)NCC2CCCO2)C2CCN(C3CCCCC3)N2)CC1. The number of carbonyl (C=O) groups excluding carboxylic acids is 1. The summed E-state index contributed by atoms with van der Waals surface area (Å²) < 4.78 is 11.9. The number of carbonyl (C=O) groups is 1. The molecule has 234 valence electrons. The Balaban J connectivity index is 1.12. The molecule has 9 nitrogen and oxygen atoms in total. The molecule has 6 fully saturated rings. The van der Waals surface area contributed by atoms with E-state index in [0.717, 1.165) is 77.5 Å². The molecule has 1 amide bonds. The van der Waals surface area contributed by atoms with Crippen LogP contribution in [0.15, 0.2) is 0 Å². The summed E-state index contributed by atoms with van der Waals surface area (Å²) in [5, 5.41) is 9.71. The minimum atomic E-state index is 0.186. The van der Waals surface area contributed by atoms with Crippen molar-refractivity contribution in [3.05, 3.63) is 0 Å². The van der Waals surface area contributed by atoms with Gasteiger partial charge in [-0.1, -0.05) is 19.3 Å². The number of amides is 1. The molecule has 0 aromatic heterocycles. The summed E-state index contributed by atoms with van der Waals surface area (Å²) in [7, 11) is 1.92. The minimum absolute atomic E-state index is 0.186. The smallest absolute Gasteiger partial charge is 0.221 e. The second-order valence-corrected chi connectivity index (χ2v) is 13.9. The highest BCUT2D eigenvalue weighted by atomic mass is 16.5. The predicted octanol–water partition coefficient (Wildman–Crippen LogP) is 2.51. The second kappa shape index (κ2) is 14.8. The molecule has 6 aliphatic rings. The van der Waals surface area contributed by atoms with Crippen LogP contribution in [0.25, 0.3) is 0 Å². The molecular weight excluding hydrogens is 516 g/mol. The average Bonchev–Trinajstić information content (AvgIpc) is 3.67. The maximum atomic E-state index is 13.4. The Hall–Kier alpha value is -0.810. The largest absolute Gasteiger partial charge is 0.380 e. The zero-order valence-corrected chi connectivity index (χ0v) is 25.7. The van der Waals surface area contributed by atoms with Crippen molar-refractivity contribution in [3.8, 4) is 0 Å². The van der Waals surface area contributed by atoms with Gasteiger partial charge >= 0.3 is 0 Å². The first-order valence-corrected chi connectivity index (χ1v) is 17.3. The van der Waals surface area contributed by atoms with Gasteiger partial charge in [-0.15, -0.1) is 0 Å². The third-order valence-electron chi connectivity index (χ3n) is 11.4. The number of fused-ring (bicyclic) bond motifs is 1. The second-order valence-electron chi connectivity index (χ2n) is 13.9. The summed E-state index contributed by atoms with van der Waals surface area (Å²) >= 11 is 0. The van der Waals surface area contributed by atoms with Crippen molar-refractivity contribution in [2.45, 2.75) is 132 Å². The fourth-order valence-corrected chi connectivity index (χ4v) is 9.19. The number of piperidine rings is 1. The van der Waals surface area contributed by atoms with E-state index in [-0.39, 0.29) is 18.1 Å². The summed E-state index contributed by atoms with van der Waals surface area (Å²) in [5.41, 5.74) is 3.95. The van der Waals surface area contributed by atoms with Gasteiger partial charge in [0.15, 0.2) is 0 Å². The Kier molecular flexibility index (Phi) is 10.9. The summed E-state index contributed by atoms with van der Waals surface area (Å²) in [6, 6.07) is 2.23. The lowest BCUT2D eigenvalue weighted by Gasteiger charge is -2.49. The highest BCUT2D eigenvalue weighted by Gasteiger charge is 2.44. The molecule has 0 spiro atoms. The number of rotatable bonds is 9. The Morgan fingerprint density at radius 3 is 2.66 bits per heavy atom. The molecule has 41 heavy (non-hydrogen) atoms. The Morgan fingerprint density at radius 1 is 0.927 bits per heavy atom. The summed E-state index contributed by atoms with van der Waals surface area (Å²) in [5.74, 6) is 0.971. The molecule has 4 heterocycles. The average molecular weight is 575 g/mol. The molecule has 0 aromatic rings. The van der Waals surface area contributed by atoms with Crippen LogP contribution in [-0.4, -0.2) is 123 Å². The molecule has 3 N–H and O–H groups in total. The van der Waals surface area contributed by atoms with Crippen LogP contribution in [0.5, 0.6) is 0 Å². The molecule has 6 rings (SSSR count). The van der Waals surface area contributed by atoms with E-state index in [9.17, 15) is 4.79 Å². The summed E-state index contributed by atoms with van der Waals surface area (Å²) in [4.78, 5) is 18.8. The van der Waals surface area contributed by atoms with Crippen molar-refractivity contribution in [1.82, 2.24) is 30.9 Å². The number of nitrogens with one attached hydrogen (secondary N) is 3. The number of nitrogens with zero attached hydrogens (tertiary/aromatic N) is 3. The fraction of sp³-hybridized carbons (Fsp3) is 0.969. The van der Waals surface area contributed by atoms with Gasteiger partial charge in [0.05, 0.1) is 18.2 Å². The maximum Gasteiger partial charge on any atom is 0.221 e. The molecule has 0 radical (unpaired) electrons. The van der Waals surface area contributed by atoms with E-state index in [1.165, 1.54) is 57.8 Å². The van der Waals surface area contributed by atoms with Crippen LogP contribution in [-0.2, 0) is 14.3 Å². The van der Waals surface area contributed by atoms with Gasteiger partial charge in [0, 0.05) is 70.5 Å². The van der Waals surface area contributed by atoms with E-state index in [4.69, 9.17) is 9.47 Å². The van der Waals surface area contributed by atoms with Crippen molar-refractivity contribution in [2.75, 3.05) is 59.5 Å². The van der Waals surface area contributed by atoms with Crippen molar-refractivity contribution < 1.29 is 14.3 Å². The molecular formula is C32H58N6O3. The fourth-order valence-electron chi connectivity index (χ4n) is 9.19. The van der Waals surface area contributed by atoms with Gasteiger partial charge in [-0.25, -0.2) is 5.01 Å². The number of methoxy groups -OCH3 is 1. The number of hydrogen-bond donors (Lipinski definition) is 3. The van der Waals surface area contributed by atoms with E-state index in [1.807, 2.05) is 7.11 Å². The molecule has 9 heteroatoms. The normalized spacial score (nSPS) is 37.5. The van der Waals surface area contributed by atoms with E-state index in [0.29, 0.717) is 43.2 Å². The standard InChI is InChI=1S/C32H58N6O3/c1-40-29-13-12-24-8-5-15-33-31(24)32(29)37-17-7-16-36(19-20-37)28(22-30(39)34-23-26-11-6-21-41-26)27-14-18-38(35-27)25-9-3-2-4-10-25/h24-29,31-33,35H,2-23H2,1H3,(H,34,39). The molecule has 7 unspecified atom stereocenters. The zero-order chi connectivity index (χ0) is 28.0. The van der Waals surface area contributed by atoms with Crippen LogP contribution in [0.2, 0.25) is 0 Å². The van der Waals surface area contributed by atoms with Gasteiger partial charge in [0.1, 0.15) is 0 Å². The van der Waals surface area contributed by atoms with Gasteiger partial charge in [-0.05, 0) is 89.8 Å². The van der Waals surface area contributed by atoms with Crippen LogP contribution < -0.4 is 16.1 Å². The third-order valence-corrected chi connectivity index (χ3v) is 11.4. The highest BCUT2D eigenvalue weighted by molar-refractivity contribution is 5.76. The third kappa shape index (κ3) is 7.47. The Labute approximate surface area is 248 Å². The van der Waals surface area contributed by atoms with Gasteiger partial charge in [0.25, 0.3) is 0 Å². The van der Waals surface area contributed by atoms with Gasteiger partial charge < -0.3 is 20.1 Å². The highest BCUT2D eigenvalue weighted by Crippen LogP contribution is 2.35. The van der Waals surface area contributed by atoms with E-state index < -0.39 is 0 Å². The zero-order valence-electron chi connectivity index (χ0n) is 25.7. The van der Waals surface area contributed by atoms with E-state index in [1.54, 1.807) is 0 Å². The topological polar surface area (TPSA) is 81.3 Å². The number of hydrazine groups is 1. The quantitative estimate of drug-likeness (QED) is 0.388. The van der Waals surface area contributed by atoms with Crippen LogP contribution in [0.3, 0.4) is 0 Å².